The number of furan rings is 2. The lowest BCUT2D eigenvalue weighted by Gasteiger charge is -2.15. The van der Waals surface area contributed by atoms with E-state index in [0.717, 1.165) is 17.8 Å². The zero-order chi connectivity index (χ0) is 17.6. The smallest absolute Gasteiger partial charge is 0.338 e. The lowest BCUT2D eigenvalue weighted by atomic mass is 9.94. The van der Waals surface area contributed by atoms with Gasteiger partial charge < -0.3 is 18.3 Å². The van der Waals surface area contributed by atoms with E-state index in [1.54, 1.807) is 25.7 Å². The van der Waals surface area contributed by atoms with Crippen molar-refractivity contribution >= 4 is 12.0 Å². The highest BCUT2D eigenvalue weighted by molar-refractivity contribution is 5.91. The normalized spacial score (nSPS) is 18.2. The molecule has 0 aliphatic heterocycles. The van der Waals surface area contributed by atoms with Crippen molar-refractivity contribution in [3.8, 4) is 0 Å². The summed E-state index contributed by atoms with van der Waals surface area (Å²) in [7, 11) is 2.94. The van der Waals surface area contributed by atoms with Gasteiger partial charge in [-0.25, -0.2) is 4.79 Å². The van der Waals surface area contributed by atoms with Crippen molar-refractivity contribution in [2.45, 2.75) is 18.8 Å². The van der Waals surface area contributed by atoms with E-state index < -0.39 is 5.97 Å². The number of ether oxygens (including phenoxy) is 2. The van der Waals surface area contributed by atoms with Gasteiger partial charge >= 0.3 is 5.97 Å². The predicted octanol–water partition coefficient (Wildman–Crippen LogP) is 4.46. The van der Waals surface area contributed by atoms with Gasteiger partial charge in [0, 0.05) is 6.42 Å². The molecule has 2 aromatic heterocycles. The Morgan fingerprint density at radius 1 is 1.12 bits per heavy atom. The van der Waals surface area contributed by atoms with Crippen LogP contribution < -0.4 is 0 Å². The first kappa shape index (κ1) is 16.9. The number of rotatable bonds is 5. The summed E-state index contributed by atoms with van der Waals surface area (Å²) in [5.41, 5.74) is 1.53. The summed E-state index contributed by atoms with van der Waals surface area (Å²) in [6.45, 7) is 0. The Kier molecular flexibility index (Phi) is 5.23. The SMILES string of the molecule is COC(=O)C1=C(OC)CCC(/C=C/c2ccco2)=C[C@@H]1c1ccco1. The standard InChI is InChI=1S/C20H20O5/c1-22-18-10-8-14(7-9-15-5-3-11-24-15)13-16(17-6-4-12-25-17)19(18)20(21)23-2/h3-7,9,11-13,16H,8,10H2,1-2H3/b9-7+/t16-/m1/s1. The zero-order valence-electron chi connectivity index (χ0n) is 14.2. The van der Waals surface area contributed by atoms with Crippen molar-refractivity contribution in [2.24, 2.45) is 0 Å². The molecule has 0 saturated carbocycles. The quantitative estimate of drug-likeness (QED) is 0.752. The molecule has 25 heavy (non-hydrogen) atoms. The first-order chi connectivity index (χ1) is 12.2. The van der Waals surface area contributed by atoms with Crippen LogP contribution in [0.25, 0.3) is 6.08 Å². The Hall–Kier alpha value is -2.95. The Morgan fingerprint density at radius 3 is 2.56 bits per heavy atom. The summed E-state index contributed by atoms with van der Waals surface area (Å²) in [6, 6.07) is 7.37. The zero-order valence-corrected chi connectivity index (χ0v) is 14.2. The van der Waals surface area contributed by atoms with Crippen LogP contribution >= 0.6 is 0 Å². The summed E-state index contributed by atoms with van der Waals surface area (Å²) >= 11 is 0. The number of allylic oxidation sites excluding steroid dienone is 4. The van der Waals surface area contributed by atoms with E-state index in [9.17, 15) is 4.79 Å². The Labute approximate surface area is 146 Å². The molecule has 130 valence electrons. The highest BCUT2D eigenvalue weighted by atomic mass is 16.5. The molecule has 0 N–H and O–H groups in total. The second-order valence-corrected chi connectivity index (χ2v) is 5.62. The van der Waals surface area contributed by atoms with Crippen LogP contribution in [0.15, 0.2) is 74.7 Å². The molecule has 0 amide bonds. The monoisotopic (exact) mass is 340 g/mol. The van der Waals surface area contributed by atoms with E-state index in [2.05, 4.69) is 0 Å². The molecule has 3 rings (SSSR count). The van der Waals surface area contributed by atoms with Crippen LogP contribution in [0.3, 0.4) is 0 Å². The molecule has 1 atom stereocenters. The largest absolute Gasteiger partial charge is 0.500 e. The van der Waals surface area contributed by atoms with Gasteiger partial charge in [0.1, 0.15) is 17.3 Å². The average Bonchev–Trinajstić information content (AvgIpc) is 3.31. The van der Waals surface area contributed by atoms with E-state index in [1.807, 2.05) is 36.4 Å². The van der Waals surface area contributed by atoms with Crippen molar-refractivity contribution in [2.75, 3.05) is 14.2 Å². The van der Waals surface area contributed by atoms with Gasteiger partial charge in [0.05, 0.1) is 38.2 Å². The third-order valence-electron chi connectivity index (χ3n) is 4.14. The Bertz CT molecular complexity index is 791. The number of carbonyl (C=O) groups is 1. The molecule has 5 heteroatoms. The van der Waals surface area contributed by atoms with Crippen LogP contribution in [0, 0.1) is 0 Å². The van der Waals surface area contributed by atoms with Gasteiger partial charge in [-0.1, -0.05) is 17.7 Å². The molecule has 2 heterocycles. The molecule has 0 unspecified atom stereocenters. The van der Waals surface area contributed by atoms with Gasteiger partial charge in [0.15, 0.2) is 0 Å². The van der Waals surface area contributed by atoms with E-state index in [4.69, 9.17) is 18.3 Å². The topological polar surface area (TPSA) is 61.8 Å². The van der Waals surface area contributed by atoms with Crippen molar-refractivity contribution in [1.29, 1.82) is 0 Å². The molecule has 0 aromatic carbocycles. The van der Waals surface area contributed by atoms with Gasteiger partial charge in [-0.05, 0) is 36.8 Å². The third kappa shape index (κ3) is 3.76. The van der Waals surface area contributed by atoms with E-state index >= 15 is 0 Å². The fraction of sp³-hybridized carbons (Fsp3) is 0.250. The summed E-state index contributed by atoms with van der Waals surface area (Å²) < 4.78 is 21.4. The predicted molar refractivity (Wildman–Crippen MR) is 92.6 cm³/mol. The van der Waals surface area contributed by atoms with Gasteiger partial charge in [0.2, 0.25) is 0 Å². The third-order valence-corrected chi connectivity index (χ3v) is 4.14. The van der Waals surface area contributed by atoms with Crippen molar-refractivity contribution in [3.05, 3.63) is 77.4 Å². The maximum Gasteiger partial charge on any atom is 0.338 e. The molecular weight excluding hydrogens is 320 g/mol. The second kappa shape index (κ2) is 7.75. The highest BCUT2D eigenvalue weighted by Crippen LogP contribution is 2.36. The summed E-state index contributed by atoms with van der Waals surface area (Å²) in [5, 5.41) is 0. The minimum Gasteiger partial charge on any atom is -0.500 e. The van der Waals surface area contributed by atoms with E-state index in [0.29, 0.717) is 23.5 Å². The molecule has 1 aliphatic rings. The second-order valence-electron chi connectivity index (χ2n) is 5.62. The first-order valence-electron chi connectivity index (χ1n) is 8.04. The molecule has 0 fully saturated rings. The number of carbonyl (C=O) groups excluding carboxylic acids is 1. The van der Waals surface area contributed by atoms with Crippen LogP contribution in [-0.2, 0) is 14.3 Å². The summed E-state index contributed by atoms with van der Waals surface area (Å²) in [6.07, 6.45) is 10.5. The average molecular weight is 340 g/mol. The number of methoxy groups -OCH3 is 2. The minimum absolute atomic E-state index is 0.365. The van der Waals surface area contributed by atoms with Crippen LogP contribution in [-0.4, -0.2) is 20.2 Å². The van der Waals surface area contributed by atoms with Crippen LogP contribution in [0.5, 0.6) is 0 Å². The van der Waals surface area contributed by atoms with Crippen molar-refractivity contribution in [1.82, 2.24) is 0 Å². The fourth-order valence-electron chi connectivity index (χ4n) is 2.92. The lowest BCUT2D eigenvalue weighted by Crippen LogP contribution is -2.14. The minimum atomic E-state index is -0.411. The molecule has 0 radical (unpaired) electrons. The number of hydrogen-bond acceptors (Lipinski definition) is 5. The van der Waals surface area contributed by atoms with Crippen LogP contribution in [0.4, 0.5) is 0 Å². The molecule has 2 aromatic rings. The maximum absolute atomic E-state index is 12.4. The van der Waals surface area contributed by atoms with Crippen LogP contribution in [0.1, 0.15) is 30.3 Å². The Morgan fingerprint density at radius 2 is 1.92 bits per heavy atom. The molecule has 0 spiro atoms. The fourth-order valence-corrected chi connectivity index (χ4v) is 2.92. The molecule has 5 nitrogen and oxygen atoms in total. The van der Waals surface area contributed by atoms with Crippen molar-refractivity contribution in [3.63, 3.8) is 0 Å². The lowest BCUT2D eigenvalue weighted by molar-refractivity contribution is -0.136. The Balaban J connectivity index is 2.01. The van der Waals surface area contributed by atoms with E-state index in [-0.39, 0.29) is 5.92 Å². The van der Waals surface area contributed by atoms with E-state index in [1.165, 1.54) is 7.11 Å². The number of esters is 1. The highest BCUT2D eigenvalue weighted by Gasteiger charge is 2.30. The van der Waals surface area contributed by atoms with Gasteiger partial charge in [-0.2, -0.15) is 0 Å². The summed E-state index contributed by atoms with van der Waals surface area (Å²) in [5.74, 6) is 1.28. The summed E-state index contributed by atoms with van der Waals surface area (Å²) in [4.78, 5) is 12.4. The van der Waals surface area contributed by atoms with Gasteiger partial charge in [-0.3, -0.25) is 0 Å². The van der Waals surface area contributed by atoms with Crippen LogP contribution in [0.2, 0.25) is 0 Å². The van der Waals surface area contributed by atoms with Gasteiger partial charge in [0.25, 0.3) is 0 Å². The molecule has 1 aliphatic carbocycles. The molecular formula is C20H20O5. The van der Waals surface area contributed by atoms with Gasteiger partial charge in [-0.15, -0.1) is 0 Å². The first-order valence-corrected chi connectivity index (χ1v) is 8.04. The molecule has 0 saturated heterocycles. The number of hydrogen-bond donors (Lipinski definition) is 0. The van der Waals surface area contributed by atoms with Crippen molar-refractivity contribution < 1.29 is 23.1 Å². The maximum atomic E-state index is 12.4. The molecule has 0 bridgehead atoms.